The third kappa shape index (κ3) is 5.99. The summed E-state index contributed by atoms with van der Waals surface area (Å²) in [7, 11) is -2.58. The highest BCUT2D eigenvalue weighted by Crippen LogP contribution is 2.18. The number of ether oxygens (including phenoxy) is 1. The van der Waals surface area contributed by atoms with Gasteiger partial charge in [0, 0.05) is 5.56 Å². The average Bonchev–Trinajstić information content (AvgIpc) is 2.40. The van der Waals surface area contributed by atoms with Crippen molar-refractivity contribution in [2.75, 3.05) is 11.5 Å². The fraction of sp³-hybridized carbons (Fsp3) is 0.333. The molecule has 0 aliphatic rings. The van der Waals surface area contributed by atoms with Crippen LogP contribution in [0.25, 0.3) is 0 Å². The van der Waals surface area contributed by atoms with Crippen molar-refractivity contribution in [3.05, 3.63) is 29.8 Å². The van der Waals surface area contributed by atoms with E-state index in [0.29, 0.717) is 11.3 Å². The molecule has 6 nitrogen and oxygen atoms in total. The standard InChI is InChI=1S/C15H17NO5S/c1-15(2,3)21-14(18)16(11-22(19)20)13-8-4-6-12(10-13)7-5-9-17/h4,6,8,10-11,17H,9H2,1-3H3. The molecule has 0 aliphatic carbocycles. The Morgan fingerprint density at radius 2 is 2.09 bits per heavy atom. The number of hydrogen-bond acceptors (Lipinski definition) is 5. The summed E-state index contributed by atoms with van der Waals surface area (Å²) in [5, 5.41) is 8.69. The molecule has 0 fully saturated rings. The minimum absolute atomic E-state index is 0.295. The number of amides is 1. The Balaban J connectivity index is 3.23. The number of nitrogens with zero attached hydrogens (tertiary/aromatic N) is 1. The summed E-state index contributed by atoms with van der Waals surface area (Å²) in [4.78, 5) is 13.0. The van der Waals surface area contributed by atoms with Gasteiger partial charge in [0.05, 0.1) is 5.69 Å². The molecule has 0 bridgehead atoms. The maximum atomic E-state index is 12.1. The number of benzene rings is 1. The zero-order valence-electron chi connectivity index (χ0n) is 12.5. The highest BCUT2D eigenvalue weighted by atomic mass is 32.2. The van der Waals surface area contributed by atoms with Gasteiger partial charge in [-0.3, -0.25) is 0 Å². The zero-order valence-corrected chi connectivity index (χ0v) is 13.3. The molecule has 118 valence electrons. The number of aliphatic hydroxyl groups is 1. The van der Waals surface area contributed by atoms with Gasteiger partial charge in [-0.25, -0.2) is 9.69 Å². The smallest absolute Gasteiger partial charge is 0.419 e. The van der Waals surface area contributed by atoms with Crippen LogP contribution in [0, 0.1) is 11.8 Å². The van der Waals surface area contributed by atoms with E-state index < -0.39 is 22.0 Å². The Labute approximate surface area is 130 Å². The first-order chi connectivity index (χ1) is 10.2. The fourth-order valence-corrected chi connectivity index (χ4v) is 1.86. The van der Waals surface area contributed by atoms with Gasteiger partial charge in [0.1, 0.15) is 17.7 Å². The van der Waals surface area contributed by atoms with Crippen molar-refractivity contribution in [1.82, 2.24) is 0 Å². The summed E-state index contributed by atoms with van der Waals surface area (Å²) in [6.45, 7) is 4.75. The van der Waals surface area contributed by atoms with Crippen LogP contribution in [0.1, 0.15) is 26.3 Å². The van der Waals surface area contributed by atoms with E-state index in [1.165, 1.54) is 6.07 Å². The summed E-state index contributed by atoms with van der Waals surface area (Å²) in [5.41, 5.74) is 0.794. The Morgan fingerprint density at radius 3 is 2.64 bits per heavy atom. The lowest BCUT2D eigenvalue weighted by molar-refractivity contribution is 0.0606. The Kier molecular flexibility index (Phi) is 6.16. The lowest BCUT2D eigenvalue weighted by Crippen LogP contribution is -2.36. The Hall–Kier alpha value is -2.30. The van der Waals surface area contributed by atoms with Crippen LogP contribution in [0.15, 0.2) is 24.3 Å². The van der Waals surface area contributed by atoms with Crippen LogP contribution < -0.4 is 4.90 Å². The van der Waals surface area contributed by atoms with Crippen molar-refractivity contribution >= 4 is 27.6 Å². The molecule has 0 radical (unpaired) electrons. The molecule has 0 atom stereocenters. The first-order valence-electron chi connectivity index (χ1n) is 6.38. The first-order valence-corrected chi connectivity index (χ1v) is 7.52. The van der Waals surface area contributed by atoms with Crippen molar-refractivity contribution in [2.24, 2.45) is 0 Å². The summed E-state index contributed by atoms with van der Waals surface area (Å²) >= 11 is 0. The number of carbonyl (C=O) groups excluding carboxylic acids is 1. The number of aliphatic hydroxyl groups excluding tert-OH is 1. The van der Waals surface area contributed by atoms with Gasteiger partial charge in [0.25, 0.3) is 0 Å². The van der Waals surface area contributed by atoms with Crippen LogP contribution in [0.3, 0.4) is 0 Å². The van der Waals surface area contributed by atoms with E-state index >= 15 is 0 Å². The molecule has 1 aromatic rings. The topological polar surface area (TPSA) is 83.9 Å². The summed E-state index contributed by atoms with van der Waals surface area (Å²) < 4.78 is 27.1. The molecular formula is C15H17NO5S. The lowest BCUT2D eigenvalue weighted by Gasteiger charge is -2.24. The lowest BCUT2D eigenvalue weighted by atomic mass is 10.2. The van der Waals surface area contributed by atoms with Crippen molar-refractivity contribution in [2.45, 2.75) is 26.4 Å². The molecule has 1 aromatic carbocycles. The largest absolute Gasteiger partial charge is 0.443 e. The minimum atomic E-state index is -2.58. The molecule has 0 aromatic heterocycles. The van der Waals surface area contributed by atoms with Crippen LogP contribution >= 0.6 is 0 Å². The van der Waals surface area contributed by atoms with Crippen LogP contribution in [0.5, 0.6) is 0 Å². The molecule has 22 heavy (non-hydrogen) atoms. The molecule has 0 spiro atoms. The molecule has 0 aliphatic heterocycles. The Bertz CT molecular complexity index is 727. The molecule has 1 amide bonds. The van der Waals surface area contributed by atoms with E-state index in [1.807, 2.05) is 0 Å². The Morgan fingerprint density at radius 1 is 1.41 bits per heavy atom. The van der Waals surface area contributed by atoms with Gasteiger partial charge in [-0.05, 0) is 39.0 Å². The predicted molar refractivity (Wildman–Crippen MR) is 84.1 cm³/mol. The highest BCUT2D eigenvalue weighted by Gasteiger charge is 2.22. The number of carbonyl (C=O) groups is 1. The monoisotopic (exact) mass is 323 g/mol. The minimum Gasteiger partial charge on any atom is -0.443 e. The van der Waals surface area contributed by atoms with Gasteiger partial charge in [0.2, 0.25) is 10.3 Å². The molecule has 0 heterocycles. The molecular weight excluding hydrogens is 306 g/mol. The maximum absolute atomic E-state index is 12.1. The first kappa shape index (κ1) is 17.8. The second kappa shape index (κ2) is 7.64. The summed E-state index contributed by atoms with van der Waals surface area (Å²) in [6.07, 6.45) is -0.816. The second-order valence-electron chi connectivity index (χ2n) is 5.23. The van der Waals surface area contributed by atoms with E-state index in [-0.39, 0.29) is 6.61 Å². The third-order valence-corrected chi connectivity index (χ3v) is 2.60. The van der Waals surface area contributed by atoms with Crippen molar-refractivity contribution in [3.8, 4) is 11.8 Å². The molecule has 1 rings (SSSR count). The normalized spacial score (nSPS) is 10.2. The van der Waals surface area contributed by atoms with Crippen molar-refractivity contribution < 1.29 is 23.1 Å². The zero-order chi connectivity index (χ0) is 16.8. The van der Waals surface area contributed by atoms with Gasteiger partial charge >= 0.3 is 6.09 Å². The number of hydrogen-bond donors (Lipinski definition) is 1. The number of rotatable bonds is 2. The van der Waals surface area contributed by atoms with E-state index in [0.717, 1.165) is 10.4 Å². The SMILES string of the molecule is CC(C)(C)OC(=O)N(C=S(=O)=O)c1cccc(C#CCO)c1. The fourth-order valence-electron chi connectivity index (χ4n) is 1.48. The van der Waals surface area contributed by atoms with E-state index in [9.17, 15) is 13.2 Å². The second-order valence-corrected chi connectivity index (χ2v) is 5.96. The number of anilines is 1. The van der Waals surface area contributed by atoms with Crippen LogP contribution in [0.4, 0.5) is 10.5 Å². The van der Waals surface area contributed by atoms with Gasteiger partial charge in [0.15, 0.2) is 0 Å². The van der Waals surface area contributed by atoms with Gasteiger partial charge < -0.3 is 9.84 Å². The average molecular weight is 323 g/mol. The summed E-state index contributed by atoms with van der Waals surface area (Å²) in [6, 6.07) is 6.37. The van der Waals surface area contributed by atoms with Crippen LogP contribution in [-0.2, 0) is 15.0 Å². The quantitative estimate of drug-likeness (QED) is 0.657. The van der Waals surface area contributed by atoms with Gasteiger partial charge in [-0.15, -0.1) is 0 Å². The molecule has 0 unspecified atom stereocenters. The molecule has 1 N–H and O–H groups in total. The predicted octanol–water partition coefficient (Wildman–Crippen LogP) is 1.41. The highest BCUT2D eigenvalue weighted by molar-refractivity contribution is 7.71. The molecule has 0 saturated carbocycles. The molecule has 7 heteroatoms. The van der Waals surface area contributed by atoms with Crippen molar-refractivity contribution in [3.63, 3.8) is 0 Å². The van der Waals surface area contributed by atoms with E-state index in [4.69, 9.17) is 9.84 Å². The summed E-state index contributed by atoms with van der Waals surface area (Å²) in [5.74, 6) is 5.16. The van der Waals surface area contributed by atoms with E-state index in [1.54, 1.807) is 39.0 Å². The maximum Gasteiger partial charge on any atom is 0.419 e. The van der Waals surface area contributed by atoms with Gasteiger partial charge in [-0.1, -0.05) is 17.9 Å². The third-order valence-electron chi connectivity index (χ3n) is 2.22. The molecule has 0 saturated heterocycles. The van der Waals surface area contributed by atoms with Crippen LogP contribution in [0.2, 0.25) is 0 Å². The van der Waals surface area contributed by atoms with Crippen molar-refractivity contribution in [1.29, 1.82) is 0 Å². The van der Waals surface area contributed by atoms with Gasteiger partial charge in [-0.2, -0.15) is 8.42 Å². The van der Waals surface area contributed by atoms with Crippen LogP contribution in [-0.4, -0.2) is 37.3 Å². The van der Waals surface area contributed by atoms with E-state index in [2.05, 4.69) is 11.8 Å².